The molecule has 0 aliphatic carbocycles. The van der Waals surface area contributed by atoms with Crippen LogP contribution >= 0.6 is 0 Å². The van der Waals surface area contributed by atoms with Crippen LogP contribution in [0.3, 0.4) is 0 Å². The zero-order valence-corrected chi connectivity index (χ0v) is 18.5. The van der Waals surface area contributed by atoms with Gasteiger partial charge in [0.25, 0.3) is 5.91 Å². The second-order valence-corrected chi connectivity index (χ2v) is 7.39. The lowest BCUT2D eigenvalue weighted by atomic mass is 10.0. The van der Waals surface area contributed by atoms with Crippen LogP contribution in [-0.2, 0) is 41.6 Å². The molecule has 3 N–H and O–H groups in total. The van der Waals surface area contributed by atoms with Crippen LogP contribution < -0.4 is 16.0 Å². The molecule has 32 heavy (non-hydrogen) atoms. The molecule has 0 fully saturated rings. The number of methoxy groups -OCH3 is 1. The molecule has 1 aromatic heterocycles. The predicted molar refractivity (Wildman–Crippen MR) is 109 cm³/mol. The molecule has 0 radical (unpaired) electrons. The Bertz CT molecular complexity index is 797. The molecule has 178 valence electrons. The van der Waals surface area contributed by atoms with Crippen LogP contribution in [0.1, 0.15) is 19.7 Å². The molecule has 2 rings (SSSR count). The monoisotopic (exact) mass is 454 g/mol. The molecule has 2 heterocycles. The number of ketones is 1. The molecule has 0 bridgehead atoms. The first-order valence-electron chi connectivity index (χ1n) is 10.3. The van der Waals surface area contributed by atoms with E-state index in [1.54, 1.807) is 25.6 Å². The summed E-state index contributed by atoms with van der Waals surface area (Å²) in [6.07, 6.45) is 0.536. The number of Topliss-reactive ketones (excluding diaryl/α,β-unsaturated/α-hetero) is 1. The average molecular weight is 454 g/mol. The van der Waals surface area contributed by atoms with Gasteiger partial charge in [0.05, 0.1) is 26.4 Å². The number of carbonyl (C=O) groups is 4. The predicted octanol–water partition coefficient (Wildman–Crippen LogP) is -1.58. The fraction of sp³-hybridized carbons (Fsp3) is 0.684. The van der Waals surface area contributed by atoms with Gasteiger partial charge in [-0.25, -0.2) is 14.5 Å². The Morgan fingerprint density at radius 3 is 2.72 bits per heavy atom. The molecule has 0 saturated carbocycles. The minimum atomic E-state index is -1.16. The van der Waals surface area contributed by atoms with E-state index in [-0.39, 0.29) is 32.1 Å². The minimum Gasteiger partial charge on any atom is -0.447 e. The number of fused-ring (bicyclic) bond motifs is 1. The summed E-state index contributed by atoms with van der Waals surface area (Å²) >= 11 is 0. The highest BCUT2D eigenvalue weighted by Crippen LogP contribution is 2.07. The van der Waals surface area contributed by atoms with Gasteiger partial charge in [0.2, 0.25) is 11.7 Å². The van der Waals surface area contributed by atoms with Crippen molar-refractivity contribution < 1.29 is 33.4 Å². The quantitative estimate of drug-likeness (QED) is 0.280. The van der Waals surface area contributed by atoms with Crippen LogP contribution in [0.5, 0.6) is 0 Å². The SMILES string of the molecule is COCCOCCOC(=O)NC(C(=O)NC1Cc2ncnn2CCNC(=O)C1=O)C(C)C. The topological polar surface area (TPSA) is 163 Å². The van der Waals surface area contributed by atoms with Gasteiger partial charge in [0.1, 0.15) is 30.8 Å². The Kier molecular flexibility index (Phi) is 10.0. The molecule has 3 amide bonds. The van der Waals surface area contributed by atoms with Gasteiger partial charge >= 0.3 is 6.09 Å². The number of alkyl carbamates (subject to hydrolysis) is 1. The Balaban J connectivity index is 1.97. The zero-order valence-electron chi connectivity index (χ0n) is 18.5. The van der Waals surface area contributed by atoms with Crippen molar-refractivity contribution in [3.8, 4) is 0 Å². The van der Waals surface area contributed by atoms with Crippen LogP contribution in [-0.4, -0.2) is 90.6 Å². The van der Waals surface area contributed by atoms with Crippen molar-refractivity contribution in [1.29, 1.82) is 0 Å². The zero-order chi connectivity index (χ0) is 23.5. The first-order valence-corrected chi connectivity index (χ1v) is 10.3. The number of aromatic nitrogens is 3. The summed E-state index contributed by atoms with van der Waals surface area (Å²) in [6, 6.07) is -2.14. The van der Waals surface area contributed by atoms with Crippen LogP contribution in [0.2, 0.25) is 0 Å². The van der Waals surface area contributed by atoms with Gasteiger partial charge in [-0.05, 0) is 5.92 Å². The summed E-state index contributed by atoms with van der Waals surface area (Å²) in [6.45, 7) is 5.00. The fourth-order valence-electron chi connectivity index (χ4n) is 2.95. The van der Waals surface area contributed by atoms with Gasteiger partial charge in [-0.2, -0.15) is 5.10 Å². The highest BCUT2D eigenvalue weighted by molar-refractivity contribution is 6.38. The first kappa shape index (κ1) is 25.2. The van der Waals surface area contributed by atoms with Crippen molar-refractivity contribution in [2.24, 2.45) is 5.92 Å². The van der Waals surface area contributed by atoms with Gasteiger partial charge in [-0.3, -0.25) is 14.4 Å². The molecule has 1 aliphatic rings. The van der Waals surface area contributed by atoms with E-state index in [1.807, 2.05) is 0 Å². The molecule has 2 atom stereocenters. The van der Waals surface area contributed by atoms with Crippen LogP contribution in [0.25, 0.3) is 0 Å². The number of nitrogens with zero attached hydrogens (tertiary/aromatic N) is 3. The fourth-order valence-corrected chi connectivity index (χ4v) is 2.95. The molecule has 0 spiro atoms. The maximum Gasteiger partial charge on any atom is 0.407 e. The van der Waals surface area contributed by atoms with Crippen molar-refractivity contribution in [2.45, 2.75) is 38.9 Å². The lowest BCUT2D eigenvalue weighted by molar-refractivity contribution is -0.140. The summed E-state index contributed by atoms with van der Waals surface area (Å²) in [5.41, 5.74) is 0. The lowest BCUT2D eigenvalue weighted by Gasteiger charge is -2.24. The van der Waals surface area contributed by atoms with Gasteiger partial charge in [0.15, 0.2) is 0 Å². The van der Waals surface area contributed by atoms with Gasteiger partial charge < -0.3 is 30.2 Å². The van der Waals surface area contributed by atoms with Gasteiger partial charge in [-0.15, -0.1) is 0 Å². The third-order valence-corrected chi connectivity index (χ3v) is 4.66. The molecule has 1 aromatic rings. The first-order chi connectivity index (χ1) is 15.3. The number of hydrogen-bond donors (Lipinski definition) is 3. The third kappa shape index (κ3) is 7.57. The van der Waals surface area contributed by atoms with Crippen molar-refractivity contribution >= 4 is 23.7 Å². The highest BCUT2D eigenvalue weighted by Gasteiger charge is 2.33. The van der Waals surface area contributed by atoms with Gasteiger partial charge in [0, 0.05) is 20.1 Å². The summed E-state index contributed by atoms with van der Waals surface area (Å²) in [5, 5.41) is 11.6. The van der Waals surface area contributed by atoms with Crippen LogP contribution in [0, 0.1) is 5.92 Å². The van der Waals surface area contributed by atoms with Crippen molar-refractivity contribution in [2.75, 3.05) is 40.1 Å². The number of carbonyl (C=O) groups excluding carboxylic acids is 4. The normalized spacial score (nSPS) is 17.4. The Morgan fingerprint density at radius 2 is 2.00 bits per heavy atom. The maximum absolute atomic E-state index is 12.9. The van der Waals surface area contributed by atoms with Crippen molar-refractivity contribution in [3.05, 3.63) is 12.2 Å². The highest BCUT2D eigenvalue weighted by atomic mass is 16.6. The summed E-state index contributed by atoms with van der Waals surface area (Å²) in [7, 11) is 1.55. The largest absolute Gasteiger partial charge is 0.447 e. The Labute approximate surface area is 185 Å². The molecule has 1 aliphatic heterocycles. The van der Waals surface area contributed by atoms with E-state index in [1.165, 1.54) is 6.33 Å². The smallest absolute Gasteiger partial charge is 0.407 e. The second-order valence-electron chi connectivity index (χ2n) is 7.39. The number of amides is 3. The molecular formula is C19H30N6O7. The third-order valence-electron chi connectivity index (χ3n) is 4.66. The number of nitrogens with one attached hydrogen (secondary N) is 3. The average Bonchev–Trinajstić information content (AvgIpc) is 3.20. The summed E-state index contributed by atoms with van der Waals surface area (Å²) in [4.78, 5) is 53.7. The van der Waals surface area contributed by atoms with Crippen LogP contribution in [0.15, 0.2) is 6.33 Å². The Morgan fingerprint density at radius 1 is 1.25 bits per heavy atom. The minimum absolute atomic E-state index is 0.00107. The van der Waals surface area contributed by atoms with Crippen molar-refractivity contribution in [1.82, 2.24) is 30.7 Å². The molecular weight excluding hydrogens is 424 g/mol. The summed E-state index contributed by atoms with van der Waals surface area (Å²) < 4.78 is 16.6. The molecule has 13 heteroatoms. The van der Waals surface area contributed by atoms with E-state index in [0.29, 0.717) is 25.6 Å². The van der Waals surface area contributed by atoms with Crippen molar-refractivity contribution in [3.63, 3.8) is 0 Å². The van der Waals surface area contributed by atoms with E-state index < -0.39 is 35.8 Å². The van der Waals surface area contributed by atoms with Crippen LogP contribution in [0.4, 0.5) is 4.79 Å². The van der Waals surface area contributed by atoms with E-state index in [4.69, 9.17) is 14.2 Å². The molecule has 13 nitrogen and oxygen atoms in total. The number of ether oxygens (including phenoxy) is 3. The maximum atomic E-state index is 12.9. The van der Waals surface area contributed by atoms with E-state index in [2.05, 4.69) is 26.0 Å². The van der Waals surface area contributed by atoms with E-state index in [9.17, 15) is 19.2 Å². The molecule has 0 aromatic carbocycles. The lowest BCUT2D eigenvalue weighted by Crippen LogP contribution is -2.56. The number of hydrogen-bond acceptors (Lipinski definition) is 9. The number of rotatable bonds is 10. The van der Waals surface area contributed by atoms with Gasteiger partial charge in [-0.1, -0.05) is 13.8 Å². The second kappa shape index (κ2) is 12.7. The molecule has 2 unspecified atom stereocenters. The Hall–Kier alpha value is -3.06. The standard InChI is InChI=1S/C19H30N6O7/c1-12(2)15(24-19(29)32-9-8-31-7-6-30-3)17(27)23-13-10-14-21-11-22-25(14)5-4-20-18(28)16(13)26/h11-13,15H,4-10H2,1-3H3,(H,20,28)(H,23,27)(H,24,29). The van der Waals surface area contributed by atoms with E-state index in [0.717, 1.165) is 0 Å². The molecule has 0 saturated heterocycles. The van der Waals surface area contributed by atoms with E-state index >= 15 is 0 Å². The summed E-state index contributed by atoms with van der Waals surface area (Å²) in [5.74, 6) is -2.08.